The number of terminal acetylenes is 1. The molecule has 122 valence electrons. The summed E-state index contributed by atoms with van der Waals surface area (Å²) in [7, 11) is 0. The van der Waals surface area contributed by atoms with E-state index in [1.807, 2.05) is 30.5 Å². The van der Waals surface area contributed by atoms with E-state index in [2.05, 4.69) is 21.2 Å². The maximum absolute atomic E-state index is 12.5. The molecule has 2 heterocycles. The predicted octanol–water partition coefficient (Wildman–Crippen LogP) is 2.69. The number of carbonyl (C=O) groups is 1. The van der Waals surface area contributed by atoms with Crippen LogP contribution in [0.4, 0.5) is 5.82 Å². The third-order valence-electron chi connectivity index (χ3n) is 3.74. The first-order valence-corrected chi connectivity index (χ1v) is 9.47. The van der Waals surface area contributed by atoms with Crippen molar-refractivity contribution >= 4 is 35.2 Å². The Kier molecular flexibility index (Phi) is 4.97. The average molecular weight is 357 g/mol. The highest BCUT2D eigenvalue weighted by Crippen LogP contribution is 2.34. The SMILES string of the molecule is C#CCSc1nc2c(c(=O)[nH]1)C(c1ccc(SC)cc1)CC(=O)N2. The number of hydrogen-bond acceptors (Lipinski definition) is 5. The molecule has 0 saturated carbocycles. The summed E-state index contributed by atoms with van der Waals surface area (Å²) in [6.07, 6.45) is 7.47. The molecular weight excluding hydrogens is 342 g/mol. The fourth-order valence-corrected chi connectivity index (χ4v) is 3.60. The van der Waals surface area contributed by atoms with Crippen LogP contribution in [0.25, 0.3) is 0 Å². The number of amides is 1. The Hall–Kier alpha value is -2.17. The molecule has 0 aliphatic carbocycles. The number of thioether (sulfide) groups is 2. The zero-order valence-corrected chi connectivity index (χ0v) is 14.6. The van der Waals surface area contributed by atoms with E-state index in [1.165, 1.54) is 11.8 Å². The minimum atomic E-state index is -0.299. The molecule has 0 spiro atoms. The number of aromatic nitrogens is 2. The van der Waals surface area contributed by atoms with Gasteiger partial charge in [0, 0.05) is 17.2 Å². The first-order chi connectivity index (χ1) is 11.6. The van der Waals surface area contributed by atoms with Crippen molar-refractivity contribution in [3.63, 3.8) is 0 Å². The van der Waals surface area contributed by atoms with Crippen LogP contribution in [-0.4, -0.2) is 27.9 Å². The zero-order chi connectivity index (χ0) is 17.1. The van der Waals surface area contributed by atoms with Gasteiger partial charge in [0.05, 0.1) is 11.3 Å². The minimum absolute atomic E-state index is 0.146. The van der Waals surface area contributed by atoms with Crippen LogP contribution in [-0.2, 0) is 4.79 Å². The number of nitrogens with one attached hydrogen (secondary N) is 2. The van der Waals surface area contributed by atoms with E-state index in [-0.39, 0.29) is 23.8 Å². The number of benzene rings is 1. The molecular formula is C17H15N3O2S2. The van der Waals surface area contributed by atoms with Crippen molar-refractivity contribution in [2.24, 2.45) is 0 Å². The molecule has 7 heteroatoms. The van der Waals surface area contributed by atoms with Gasteiger partial charge in [0.15, 0.2) is 5.16 Å². The number of fused-ring (bicyclic) bond motifs is 1. The summed E-state index contributed by atoms with van der Waals surface area (Å²) in [5, 5.41) is 3.11. The van der Waals surface area contributed by atoms with Gasteiger partial charge in [-0.15, -0.1) is 18.2 Å². The molecule has 5 nitrogen and oxygen atoms in total. The van der Waals surface area contributed by atoms with Crippen LogP contribution in [0.2, 0.25) is 0 Å². The van der Waals surface area contributed by atoms with Gasteiger partial charge < -0.3 is 10.3 Å². The van der Waals surface area contributed by atoms with Crippen molar-refractivity contribution < 1.29 is 4.79 Å². The normalized spacial score (nSPS) is 16.2. The first-order valence-electron chi connectivity index (χ1n) is 7.26. The number of carbonyl (C=O) groups excluding carboxylic acids is 1. The Bertz CT molecular complexity index is 869. The van der Waals surface area contributed by atoms with Crippen molar-refractivity contribution in [1.82, 2.24) is 9.97 Å². The Morgan fingerprint density at radius 3 is 2.75 bits per heavy atom. The molecule has 24 heavy (non-hydrogen) atoms. The highest BCUT2D eigenvalue weighted by atomic mass is 32.2. The molecule has 1 unspecified atom stereocenters. The smallest absolute Gasteiger partial charge is 0.257 e. The topological polar surface area (TPSA) is 74.8 Å². The lowest BCUT2D eigenvalue weighted by molar-refractivity contribution is -0.116. The zero-order valence-electron chi connectivity index (χ0n) is 13.0. The summed E-state index contributed by atoms with van der Waals surface area (Å²) in [5.41, 5.74) is 1.19. The van der Waals surface area contributed by atoms with E-state index in [0.717, 1.165) is 10.5 Å². The second kappa shape index (κ2) is 7.16. The second-order valence-electron chi connectivity index (χ2n) is 5.20. The third kappa shape index (κ3) is 3.35. The van der Waals surface area contributed by atoms with E-state index in [0.29, 0.717) is 22.3 Å². The minimum Gasteiger partial charge on any atom is -0.310 e. The molecule has 1 amide bonds. The molecule has 1 atom stereocenters. The maximum atomic E-state index is 12.5. The summed E-state index contributed by atoms with van der Waals surface area (Å²) in [4.78, 5) is 32.8. The number of H-pyrrole nitrogens is 1. The van der Waals surface area contributed by atoms with Gasteiger partial charge >= 0.3 is 0 Å². The monoisotopic (exact) mass is 357 g/mol. The summed E-state index contributed by atoms with van der Waals surface area (Å²) >= 11 is 2.90. The average Bonchev–Trinajstić information content (AvgIpc) is 2.59. The lowest BCUT2D eigenvalue weighted by atomic mass is 9.87. The van der Waals surface area contributed by atoms with Gasteiger partial charge in [0.25, 0.3) is 5.56 Å². The molecule has 2 N–H and O–H groups in total. The highest BCUT2D eigenvalue weighted by molar-refractivity contribution is 7.99. The van der Waals surface area contributed by atoms with Gasteiger partial charge in [0.1, 0.15) is 5.82 Å². The van der Waals surface area contributed by atoms with E-state index in [1.54, 1.807) is 11.8 Å². The van der Waals surface area contributed by atoms with Crippen LogP contribution in [0.15, 0.2) is 39.1 Å². The van der Waals surface area contributed by atoms with Gasteiger partial charge in [-0.1, -0.05) is 29.8 Å². The second-order valence-corrected chi connectivity index (χ2v) is 7.05. The van der Waals surface area contributed by atoms with Gasteiger partial charge in [-0.3, -0.25) is 9.59 Å². The lowest BCUT2D eigenvalue weighted by Gasteiger charge is -2.24. The molecule has 3 rings (SSSR count). The van der Waals surface area contributed by atoms with Crippen molar-refractivity contribution in [3.05, 3.63) is 45.7 Å². The van der Waals surface area contributed by atoms with Gasteiger partial charge in [-0.2, -0.15) is 0 Å². The molecule has 1 aromatic heterocycles. The Morgan fingerprint density at radius 1 is 1.33 bits per heavy atom. The van der Waals surface area contributed by atoms with E-state index in [9.17, 15) is 9.59 Å². The quantitative estimate of drug-likeness (QED) is 0.500. The summed E-state index contributed by atoms with van der Waals surface area (Å²) in [6, 6.07) is 7.90. The lowest BCUT2D eigenvalue weighted by Crippen LogP contribution is -2.31. The predicted molar refractivity (Wildman–Crippen MR) is 97.7 cm³/mol. The number of anilines is 1. The van der Waals surface area contributed by atoms with Gasteiger partial charge in [0.2, 0.25) is 5.91 Å². The molecule has 1 aromatic carbocycles. The summed E-state index contributed by atoms with van der Waals surface area (Å²) in [5.74, 6) is 2.76. The largest absolute Gasteiger partial charge is 0.310 e. The standard InChI is InChI=1S/C17H15N3O2S2/c1-3-8-24-17-19-15-14(16(22)20-17)12(9-13(21)18-15)10-4-6-11(23-2)7-5-10/h1,4-7,12H,8-9H2,2H3,(H2,18,19,20,21,22). The van der Waals surface area contributed by atoms with Gasteiger partial charge in [-0.25, -0.2) is 4.98 Å². The molecule has 0 radical (unpaired) electrons. The van der Waals surface area contributed by atoms with Crippen LogP contribution in [0, 0.1) is 12.3 Å². The van der Waals surface area contributed by atoms with Crippen molar-refractivity contribution in [2.45, 2.75) is 22.4 Å². The van der Waals surface area contributed by atoms with Crippen LogP contribution >= 0.6 is 23.5 Å². The van der Waals surface area contributed by atoms with Crippen LogP contribution < -0.4 is 10.9 Å². The number of hydrogen-bond donors (Lipinski definition) is 2. The molecule has 0 fully saturated rings. The van der Waals surface area contributed by atoms with E-state index < -0.39 is 0 Å². The Labute approximate surface area is 148 Å². The van der Waals surface area contributed by atoms with Gasteiger partial charge in [-0.05, 0) is 24.0 Å². The summed E-state index contributed by atoms with van der Waals surface area (Å²) in [6.45, 7) is 0. The van der Waals surface area contributed by atoms with E-state index in [4.69, 9.17) is 6.42 Å². The van der Waals surface area contributed by atoms with Crippen molar-refractivity contribution in [1.29, 1.82) is 0 Å². The van der Waals surface area contributed by atoms with E-state index >= 15 is 0 Å². The van der Waals surface area contributed by atoms with Crippen LogP contribution in [0.5, 0.6) is 0 Å². The maximum Gasteiger partial charge on any atom is 0.257 e. The molecule has 1 aliphatic heterocycles. The number of aromatic amines is 1. The first kappa shape index (κ1) is 16.7. The summed E-state index contributed by atoms with van der Waals surface area (Å²) < 4.78 is 0. The number of nitrogens with zero attached hydrogens (tertiary/aromatic N) is 1. The molecule has 0 bridgehead atoms. The van der Waals surface area contributed by atoms with Crippen molar-refractivity contribution in [2.75, 3.05) is 17.3 Å². The molecule has 0 saturated heterocycles. The Morgan fingerprint density at radius 2 is 2.08 bits per heavy atom. The fourth-order valence-electron chi connectivity index (χ4n) is 2.65. The molecule has 1 aliphatic rings. The Balaban J connectivity index is 2.04. The third-order valence-corrected chi connectivity index (χ3v) is 5.26. The fraction of sp³-hybridized carbons (Fsp3) is 0.235. The number of rotatable bonds is 4. The highest BCUT2D eigenvalue weighted by Gasteiger charge is 2.30. The molecule has 2 aromatic rings. The van der Waals surface area contributed by atoms with Crippen LogP contribution in [0.1, 0.15) is 23.5 Å². The van der Waals surface area contributed by atoms with Crippen molar-refractivity contribution in [3.8, 4) is 12.3 Å². The van der Waals surface area contributed by atoms with Crippen LogP contribution in [0.3, 0.4) is 0 Å².